The summed E-state index contributed by atoms with van der Waals surface area (Å²) in [4.78, 5) is 4.06. The highest BCUT2D eigenvalue weighted by atomic mass is 127. The smallest absolute Gasteiger partial charge is 0.213 e. The summed E-state index contributed by atoms with van der Waals surface area (Å²) in [6.45, 7) is 3.47. The molecule has 8 nitrogen and oxygen atoms in total. The Hall–Kier alpha value is -1.18. The van der Waals surface area contributed by atoms with Crippen molar-refractivity contribution < 1.29 is 22.3 Å². The van der Waals surface area contributed by atoms with E-state index in [2.05, 4.69) is 20.3 Å². The maximum Gasteiger partial charge on any atom is 0.213 e. The van der Waals surface area contributed by atoms with Gasteiger partial charge in [0.05, 0.1) is 18.4 Å². The van der Waals surface area contributed by atoms with Crippen molar-refractivity contribution in [2.45, 2.75) is 38.4 Å². The topological polar surface area (TPSA) is 101 Å². The zero-order valence-electron chi connectivity index (χ0n) is 17.4. The third-order valence-corrected chi connectivity index (χ3v) is 5.73. The summed E-state index contributed by atoms with van der Waals surface area (Å²) in [7, 11) is -1.80. The highest BCUT2D eigenvalue weighted by molar-refractivity contribution is 14.0. The fraction of sp³-hybridized carbons (Fsp3) is 0.632. The molecule has 0 radical (unpaired) electrons. The highest BCUT2D eigenvalue weighted by Crippen LogP contribution is 2.13. The average molecular weight is 558 g/mol. The van der Waals surface area contributed by atoms with Crippen LogP contribution in [0.4, 0.5) is 4.39 Å². The first-order valence-corrected chi connectivity index (χ1v) is 11.5. The van der Waals surface area contributed by atoms with E-state index in [1.54, 1.807) is 19.2 Å². The molecule has 0 aliphatic carbocycles. The predicted molar refractivity (Wildman–Crippen MR) is 127 cm³/mol. The Morgan fingerprint density at radius 3 is 2.83 bits per heavy atom. The minimum absolute atomic E-state index is 0. The summed E-state index contributed by atoms with van der Waals surface area (Å²) in [5, 5.41) is 6.02. The Balaban J connectivity index is 0.00000450. The second-order valence-corrected chi connectivity index (χ2v) is 8.85. The van der Waals surface area contributed by atoms with Crippen LogP contribution in [0.3, 0.4) is 0 Å². The molecule has 0 aromatic heterocycles. The number of benzene rings is 1. The van der Waals surface area contributed by atoms with E-state index in [1.807, 2.05) is 6.92 Å². The quantitative estimate of drug-likeness (QED) is 0.230. The van der Waals surface area contributed by atoms with Gasteiger partial charge in [0, 0.05) is 32.8 Å². The van der Waals surface area contributed by atoms with Gasteiger partial charge < -0.3 is 20.1 Å². The molecule has 0 spiro atoms. The monoisotopic (exact) mass is 558 g/mol. The molecule has 0 amide bonds. The van der Waals surface area contributed by atoms with Crippen LogP contribution in [-0.4, -0.2) is 65.6 Å². The van der Waals surface area contributed by atoms with E-state index in [0.717, 1.165) is 19.3 Å². The molecule has 30 heavy (non-hydrogen) atoms. The molecule has 1 heterocycles. The van der Waals surface area contributed by atoms with Gasteiger partial charge in [0.25, 0.3) is 0 Å². The van der Waals surface area contributed by atoms with Crippen LogP contribution in [0.25, 0.3) is 0 Å². The van der Waals surface area contributed by atoms with Crippen LogP contribution in [-0.2, 0) is 14.8 Å². The number of rotatable bonds is 10. The molecule has 1 aliphatic rings. The number of halogens is 2. The summed E-state index contributed by atoms with van der Waals surface area (Å²) >= 11 is 0. The first-order valence-electron chi connectivity index (χ1n) is 9.83. The van der Waals surface area contributed by atoms with Gasteiger partial charge in [-0.25, -0.2) is 17.5 Å². The Morgan fingerprint density at radius 2 is 2.17 bits per heavy atom. The normalized spacial score (nSPS) is 18.2. The van der Waals surface area contributed by atoms with Crippen molar-refractivity contribution in [1.82, 2.24) is 15.4 Å². The molecule has 0 bridgehead atoms. The minimum atomic E-state index is -3.40. The van der Waals surface area contributed by atoms with Crippen LogP contribution < -0.4 is 20.1 Å². The molecule has 0 saturated carbocycles. The van der Waals surface area contributed by atoms with E-state index < -0.39 is 10.0 Å². The van der Waals surface area contributed by atoms with Crippen LogP contribution >= 0.6 is 24.0 Å². The standard InChI is InChI=1S/C19H31FN4O4S.HI/c1-15(28-17-8-5-6-16(20)12-17)13-23-19(21-2)22-9-11-29(25,26)24-14-18-7-3-4-10-27-18;/h5-6,8,12,15,18,24H,3-4,7,9-11,13-14H2,1-2H3,(H2,21,22,23);1H. The molecule has 1 aromatic rings. The van der Waals surface area contributed by atoms with Crippen molar-refractivity contribution in [2.75, 3.05) is 39.0 Å². The van der Waals surface area contributed by atoms with E-state index in [-0.39, 0.29) is 54.3 Å². The number of guanidine groups is 1. The molecular weight excluding hydrogens is 526 g/mol. The number of hydrogen-bond donors (Lipinski definition) is 3. The van der Waals surface area contributed by atoms with E-state index in [4.69, 9.17) is 9.47 Å². The molecule has 2 atom stereocenters. The summed E-state index contributed by atoms with van der Waals surface area (Å²) in [6.07, 6.45) is 2.70. The molecule has 2 rings (SSSR count). The highest BCUT2D eigenvalue weighted by Gasteiger charge is 2.17. The van der Waals surface area contributed by atoms with Crippen LogP contribution in [0.1, 0.15) is 26.2 Å². The lowest BCUT2D eigenvalue weighted by Gasteiger charge is -2.22. The molecule has 2 unspecified atom stereocenters. The molecule has 11 heteroatoms. The van der Waals surface area contributed by atoms with E-state index in [0.29, 0.717) is 31.4 Å². The minimum Gasteiger partial charge on any atom is -0.489 e. The van der Waals surface area contributed by atoms with Gasteiger partial charge in [-0.2, -0.15) is 0 Å². The van der Waals surface area contributed by atoms with E-state index >= 15 is 0 Å². The lowest BCUT2D eigenvalue weighted by molar-refractivity contribution is 0.0200. The Bertz CT molecular complexity index is 761. The third kappa shape index (κ3) is 10.7. The molecule has 172 valence electrons. The number of hydrogen-bond acceptors (Lipinski definition) is 5. The van der Waals surface area contributed by atoms with Gasteiger partial charge >= 0.3 is 0 Å². The fourth-order valence-electron chi connectivity index (χ4n) is 2.84. The molecular formula is C19H32FIN4O4S. The summed E-state index contributed by atoms with van der Waals surface area (Å²) in [5.74, 6) is 0.479. The van der Waals surface area contributed by atoms with Gasteiger partial charge in [-0.15, -0.1) is 24.0 Å². The Morgan fingerprint density at radius 1 is 1.37 bits per heavy atom. The summed E-state index contributed by atoms with van der Waals surface area (Å²) in [6, 6.07) is 5.94. The van der Waals surface area contributed by atoms with Crippen molar-refractivity contribution in [2.24, 2.45) is 4.99 Å². The number of ether oxygens (including phenoxy) is 2. The predicted octanol–water partition coefficient (Wildman–Crippen LogP) is 1.86. The molecule has 1 aromatic carbocycles. The van der Waals surface area contributed by atoms with Gasteiger partial charge in [-0.3, -0.25) is 4.99 Å². The van der Waals surface area contributed by atoms with Gasteiger partial charge in [-0.05, 0) is 38.3 Å². The van der Waals surface area contributed by atoms with Crippen LogP contribution in [0.5, 0.6) is 5.75 Å². The van der Waals surface area contributed by atoms with Gasteiger partial charge in [0.1, 0.15) is 17.7 Å². The van der Waals surface area contributed by atoms with Crippen molar-refractivity contribution in [1.29, 1.82) is 0 Å². The number of aliphatic imine (C=N–C) groups is 1. The first-order chi connectivity index (χ1) is 13.9. The summed E-state index contributed by atoms with van der Waals surface area (Å²) in [5.41, 5.74) is 0. The fourth-order valence-corrected chi connectivity index (χ4v) is 3.79. The second kappa shape index (κ2) is 14.0. The Kier molecular flexibility index (Phi) is 12.5. The number of sulfonamides is 1. The van der Waals surface area contributed by atoms with Gasteiger partial charge in [0.2, 0.25) is 10.0 Å². The zero-order chi connectivity index (χ0) is 21.1. The van der Waals surface area contributed by atoms with Gasteiger partial charge in [-0.1, -0.05) is 6.07 Å². The third-order valence-electron chi connectivity index (χ3n) is 4.38. The van der Waals surface area contributed by atoms with Crippen molar-refractivity contribution >= 4 is 40.0 Å². The second-order valence-electron chi connectivity index (χ2n) is 6.92. The molecule has 1 saturated heterocycles. The average Bonchev–Trinajstić information content (AvgIpc) is 2.70. The van der Waals surface area contributed by atoms with Crippen LogP contribution in [0.2, 0.25) is 0 Å². The lowest BCUT2D eigenvalue weighted by atomic mass is 10.1. The molecule has 1 fully saturated rings. The maximum absolute atomic E-state index is 13.2. The SMILES string of the molecule is CN=C(NCCS(=O)(=O)NCC1CCCCO1)NCC(C)Oc1cccc(F)c1.I. The number of nitrogens with zero attached hydrogens (tertiary/aromatic N) is 1. The van der Waals surface area contributed by atoms with Crippen molar-refractivity contribution in [3.8, 4) is 5.75 Å². The van der Waals surface area contributed by atoms with E-state index in [9.17, 15) is 12.8 Å². The van der Waals surface area contributed by atoms with Crippen molar-refractivity contribution in [3.63, 3.8) is 0 Å². The summed E-state index contributed by atoms with van der Waals surface area (Å²) < 4.78 is 51.2. The maximum atomic E-state index is 13.2. The largest absolute Gasteiger partial charge is 0.489 e. The van der Waals surface area contributed by atoms with E-state index in [1.165, 1.54) is 12.1 Å². The zero-order valence-corrected chi connectivity index (χ0v) is 20.5. The lowest BCUT2D eigenvalue weighted by Crippen LogP contribution is -2.44. The van der Waals surface area contributed by atoms with Gasteiger partial charge in [0.15, 0.2) is 5.96 Å². The van der Waals surface area contributed by atoms with Crippen LogP contribution in [0, 0.1) is 5.82 Å². The Labute approximate surface area is 195 Å². The molecule has 3 N–H and O–H groups in total. The first kappa shape index (κ1) is 26.9. The number of nitrogens with one attached hydrogen (secondary N) is 3. The van der Waals surface area contributed by atoms with Crippen molar-refractivity contribution in [3.05, 3.63) is 30.1 Å². The van der Waals surface area contributed by atoms with Crippen LogP contribution in [0.15, 0.2) is 29.3 Å². The molecule has 1 aliphatic heterocycles.